The minimum atomic E-state index is -4.81. The van der Waals surface area contributed by atoms with E-state index >= 15 is 0 Å². The van der Waals surface area contributed by atoms with Gasteiger partial charge in [0.2, 0.25) is 0 Å². The summed E-state index contributed by atoms with van der Waals surface area (Å²) in [6.07, 6.45) is -4.38. The number of ether oxygens (including phenoxy) is 2. The van der Waals surface area contributed by atoms with E-state index in [1.54, 1.807) is 6.92 Å². The largest absolute Gasteiger partial charge is 0.573 e. The molecule has 16 heavy (non-hydrogen) atoms. The SMILES string of the molecule is CCOc1ccc(C=O)cc1OC(F)(F)F. The van der Waals surface area contributed by atoms with Crippen LogP contribution in [0.15, 0.2) is 18.2 Å². The van der Waals surface area contributed by atoms with Gasteiger partial charge in [-0.25, -0.2) is 0 Å². The van der Waals surface area contributed by atoms with Crippen LogP contribution in [-0.2, 0) is 0 Å². The minimum Gasteiger partial charge on any atom is -0.490 e. The van der Waals surface area contributed by atoms with Crippen molar-refractivity contribution in [2.24, 2.45) is 0 Å². The predicted octanol–water partition coefficient (Wildman–Crippen LogP) is 2.80. The molecule has 6 heteroatoms. The van der Waals surface area contributed by atoms with Crippen LogP contribution in [0, 0.1) is 0 Å². The standard InChI is InChI=1S/C10H9F3O3/c1-2-15-8-4-3-7(6-14)5-9(8)16-10(11,12)13/h3-6H,2H2,1H3. The van der Waals surface area contributed by atoms with Gasteiger partial charge in [-0.3, -0.25) is 4.79 Å². The predicted molar refractivity (Wildman–Crippen MR) is 49.7 cm³/mol. The molecule has 0 bridgehead atoms. The second kappa shape index (κ2) is 4.87. The van der Waals surface area contributed by atoms with Crippen LogP contribution in [-0.4, -0.2) is 19.3 Å². The normalized spacial score (nSPS) is 11.0. The fourth-order valence-corrected chi connectivity index (χ4v) is 1.08. The van der Waals surface area contributed by atoms with E-state index in [1.807, 2.05) is 0 Å². The van der Waals surface area contributed by atoms with E-state index in [1.165, 1.54) is 12.1 Å². The summed E-state index contributed by atoms with van der Waals surface area (Å²) in [4.78, 5) is 10.4. The molecule has 0 saturated heterocycles. The highest BCUT2D eigenvalue weighted by Gasteiger charge is 2.32. The van der Waals surface area contributed by atoms with Crippen LogP contribution in [0.2, 0.25) is 0 Å². The number of benzene rings is 1. The lowest BCUT2D eigenvalue weighted by atomic mass is 10.2. The highest BCUT2D eigenvalue weighted by atomic mass is 19.4. The van der Waals surface area contributed by atoms with Gasteiger partial charge in [0.25, 0.3) is 0 Å². The Balaban J connectivity index is 3.04. The van der Waals surface area contributed by atoms with Crippen molar-refractivity contribution >= 4 is 6.29 Å². The number of carbonyl (C=O) groups excluding carboxylic acids is 1. The van der Waals surface area contributed by atoms with Crippen molar-refractivity contribution in [3.8, 4) is 11.5 Å². The van der Waals surface area contributed by atoms with E-state index in [-0.39, 0.29) is 17.9 Å². The quantitative estimate of drug-likeness (QED) is 0.751. The first kappa shape index (κ1) is 12.4. The average molecular weight is 234 g/mol. The maximum Gasteiger partial charge on any atom is 0.573 e. The molecule has 0 unspecified atom stereocenters. The van der Waals surface area contributed by atoms with Crippen LogP contribution in [0.5, 0.6) is 11.5 Å². The van der Waals surface area contributed by atoms with E-state index in [0.717, 1.165) is 6.07 Å². The van der Waals surface area contributed by atoms with Gasteiger partial charge in [-0.05, 0) is 25.1 Å². The lowest BCUT2D eigenvalue weighted by molar-refractivity contribution is -0.275. The van der Waals surface area contributed by atoms with Gasteiger partial charge in [-0.15, -0.1) is 13.2 Å². The monoisotopic (exact) mass is 234 g/mol. The maximum atomic E-state index is 12.0. The summed E-state index contributed by atoms with van der Waals surface area (Å²) < 4.78 is 44.8. The zero-order chi connectivity index (χ0) is 12.2. The van der Waals surface area contributed by atoms with Gasteiger partial charge in [-0.2, -0.15) is 0 Å². The Hall–Kier alpha value is -1.72. The lowest BCUT2D eigenvalue weighted by Crippen LogP contribution is -2.18. The maximum absolute atomic E-state index is 12.0. The molecule has 0 amide bonds. The molecular weight excluding hydrogens is 225 g/mol. The molecule has 0 aliphatic rings. The molecule has 0 fully saturated rings. The molecule has 1 aromatic rings. The number of hydrogen-bond donors (Lipinski definition) is 0. The van der Waals surface area contributed by atoms with Gasteiger partial charge in [0.05, 0.1) is 6.61 Å². The van der Waals surface area contributed by atoms with Crippen LogP contribution in [0.25, 0.3) is 0 Å². The van der Waals surface area contributed by atoms with Gasteiger partial charge >= 0.3 is 6.36 Å². The molecule has 0 heterocycles. The molecule has 0 N–H and O–H groups in total. The van der Waals surface area contributed by atoms with Gasteiger partial charge in [0.1, 0.15) is 6.29 Å². The summed E-state index contributed by atoms with van der Waals surface area (Å²) in [6.45, 7) is 1.83. The summed E-state index contributed by atoms with van der Waals surface area (Å²) >= 11 is 0. The van der Waals surface area contributed by atoms with Crippen molar-refractivity contribution in [3.05, 3.63) is 23.8 Å². The zero-order valence-corrected chi connectivity index (χ0v) is 8.38. The van der Waals surface area contributed by atoms with Crippen molar-refractivity contribution in [1.82, 2.24) is 0 Å². The molecule has 3 nitrogen and oxygen atoms in total. The first-order valence-electron chi connectivity index (χ1n) is 4.44. The number of aldehydes is 1. The Bertz CT molecular complexity index is 374. The van der Waals surface area contributed by atoms with E-state index < -0.39 is 12.1 Å². The fourth-order valence-electron chi connectivity index (χ4n) is 1.08. The van der Waals surface area contributed by atoms with Crippen molar-refractivity contribution < 1.29 is 27.4 Å². The van der Waals surface area contributed by atoms with Crippen molar-refractivity contribution in [1.29, 1.82) is 0 Å². The third-order valence-electron chi connectivity index (χ3n) is 1.63. The van der Waals surface area contributed by atoms with E-state index in [9.17, 15) is 18.0 Å². The molecule has 88 valence electrons. The second-order valence-corrected chi connectivity index (χ2v) is 2.80. The summed E-state index contributed by atoms with van der Waals surface area (Å²) in [5, 5.41) is 0. The Labute approximate surface area is 89.8 Å². The Kier molecular flexibility index (Phi) is 3.76. The Morgan fingerprint density at radius 2 is 2.00 bits per heavy atom. The molecule has 0 atom stereocenters. The van der Waals surface area contributed by atoms with Crippen LogP contribution in [0.3, 0.4) is 0 Å². The molecule has 0 spiro atoms. The smallest absolute Gasteiger partial charge is 0.490 e. The molecule has 1 aromatic carbocycles. The van der Waals surface area contributed by atoms with E-state index in [2.05, 4.69) is 4.74 Å². The van der Waals surface area contributed by atoms with Crippen molar-refractivity contribution in [3.63, 3.8) is 0 Å². The lowest BCUT2D eigenvalue weighted by Gasteiger charge is -2.13. The van der Waals surface area contributed by atoms with Gasteiger partial charge in [-0.1, -0.05) is 0 Å². The molecular formula is C10H9F3O3. The number of hydrogen-bond acceptors (Lipinski definition) is 3. The highest BCUT2D eigenvalue weighted by Crippen LogP contribution is 2.32. The number of rotatable bonds is 4. The van der Waals surface area contributed by atoms with Crippen LogP contribution < -0.4 is 9.47 Å². The molecule has 0 radical (unpaired) electrons. The van der Waals surface area contributed by atoms with Crippen molar-refractivity contribution in [2.45, 2.75) is 13.3 Å². The van der Waals surface area contributed by atoms with E-state index in [0.29, 0.717) is 6.29 Å². The molecule has 0 aliphatic carbocycles. The van der Waals surface area contributed by atoms with Gasteiger partial charge in [0.15, 0.2) is 11.5 Å². The first-order chi connectivity index (χ1) is 7.46. The first-order valence-corrected chi connectivity index (χ1v) is 4.44. The summed E-state index contributed by atoms with van der Waals surface area (Å²) in [5.41, 5.74) is 0.0858. The minimum absolute atomic E-state index is 0.0505. The molecule has 0 saturated carbocycles. The highest BCUT2D eigenvalue weighted by molar-refractivity contribution is 5.76. The number of carbonyl (C=O) groups is 1. The number of halogens is 3. The summed E-state index contributed by atoms with van der Waals surface area (Å²) in [7, 11) is 0. The van der Waals surface area contributed by atoms with Crippen LogP contribution in [0.1, 0.15) is 17.3 Å². The van der Waals surface area contributed by atoms with E-state index in [4.69, 9.17) is 4.74 Å². The Morgan fingerprint density at radius 1 is 1.31 bits per heavy atom. The van der Waals surface area contributed by atoms with Gasteiger partial charge < -0.3 is 9.47 Å². The van der Waals surface area contributed by atoms with Crippen molar-refractivity contribution in [2.75, 3.05) is 6.61 Å². The van der Waals surface area contributed by atoms with Crippen LogP contribution >= 0.6 is 0 Å². The topological polar surface area (TPSA) is 35.5 Å². The fraction of sp³-hybridized carbons (Fsp3) is 0.300. The number of alkyl halides is 3. The van der Waals surface area contributed by atoms with Crippen LogP contribution in [0.4, 0.5) is 13.2 Å². The zero-order valence-electron chi connectivity index (χ0n) is 8.38. The molecule has 0 aromatic heterocycles. The summed E-state index contributed by atoms with van der Waals surface area (Å²) in [5.74, 6) is -0.565. The second-order valence-electron chi connectivity index (χ2n) is 2.80. The third kappa shape index (κ3) is 3.45. The van der Waals surface area contributed by atoms with Gasteiger partial charge in [0, 0.05) is 5.56 Å². The molecule has 0 aliphatic heterocycles. The Morgan fingerprint density at radius 3 is 2.50 bits per heavy atom. The molecule has 1 rings (SSSR count). The third-order valence-corrected chi connectivity index (χ3v) is 1.63. The average Bonchev–Trinajstić information content (AvgIpc) is 2.18. The summed E-state index contributed by atoms with van der Waals surface area (Å²) in [6, 6.07) is 3.58.